The van der Waals surface area contributed by atoms with Crippen LogP contribution < -0.4 is 0 Å². The number of aryl methyl sites for hydroxylation is 2. The molecular weight excluding hydrogens is 168 g/mol. The van der Waals surface area contributed by atoms with E-state index in [1.165, 1.54) is 11.3 Å². The standard InChI is InChI=1S/C7H9F2NS/c1-4-6(7(3,8)9)10-5(2)11-4/h1-3H3. The summed E-state index contributed by atoms with van der Waals surface area (Å²) in [6.45, 7) is 4.26. The minimum absolute atomic E-state index is 0.0833. The number of hydrogen-bond donors (Lipinski definition) is 0. The topological polar surface area (TPSA) is 12.9 Å². The highest BCUT2D eigenvalue weighted by Gasteiger charge is 2.29. The lowest BCUT2D eigenvalue weighted by molar-refractivity contribution is 0.0127. The summed E-state index contributed by atoms with van der Waals surface area (Å²) in [5, 5.41) is 0.694. The molecule has 0 bridgehead atoms. The maximum Gasteiger partial charge on any atom is 0.288 e. The Hall–Kier alpha value is -0.510. The van der Waals surface area contributed by atoms with Crippen LogP contribution in [0.3, 0.4) is 0 Å². The average molecular weight is 177 g/mol. The Labute approximate surface area is 68.1 Å². The van der Waals surface area contributed by atoms with Crippen LogP contribution in [0.1, 0.15) is 22.5 Å². The molecular formula is C7H9F2NS. The van der Waals surface area contributed by atoms with E-state index in [-0.39, 0.29) is 5.69 Å². The molecule has 1 heterocycles. The van der Waals surface area contributed by atoms with Crippen LogP contribution >= 0.6 is 11.3 Å². The molecule has 0 aliphatic carbocycles. The second-order valence-corrected chi connectivity index (χ2v) is 3.93. The zero-order chi connectivity index (χ0) is 8.65. The molecule has 1 aromatic heterocycles. The van der Waals surface area contributed by atoms with Crippen LogP contribution in [-0.4, -0.2) is 4.98 Å². The van der Waals surface area contributed by atoms with Gasteiger partial charge in [-0.1, -0.05) is 0 Å². The van der Waals surface area contributed by atoms with Crippen LogP contribution in [0, 0.1) is 13.8 Å². The van der Waals surface area contributed by atoms with Gasteiger partial charge in [0.15, 0.2) is 0 Å². The number of alkyl halides is 2. The Morgan fingerprint density at radius 1 is 1.36 bits per heavy atom. The molecule has 0 aliphatic rings. The summed E-state index contributed by atoms with van der Waals surface area (Å²) < 4.78 is 25.3. The van der Waals surface area contributed by atoms with E-state index >= 15 is 0 Å². The smallest absolute Gasteiger partial charge is 0.240 e. The fourth-order valence-electron chi connectivity index (χ4n) is 0.936. The van der Waals surface area contributed by atoms with Gasteiger partial charge >= 0.3 is 0 Å². The lowest BCUT2D eigenvalue weighted by atomic mass is 10.2. The molecule has 11 heavy (non-hydrogen) atoms. The molecule has 62 valence electrons. The predicted molar refractivity (Wildman–Crippen MR) is 41.2 cm³/mol. The van der Waals surface area contributed by atoms with Gasteiger partial charge in [0.05, 0.1) is 5.01 Å². The van der Waals surface area contributed by atoms with Gasteiger partial charge in [-0.2, -0.15) is 8.78 Å². The fraction of sp³-hybridized carbons (Fsp3) is 0.571. The van der Waals surface area contributed by atoms with Crippen molar-refractivity contribution in [2.24, 2.45) is 0 Å². The summed E-state index contributed by atoms with van der Waals surface area (Å²) in [5.74, 6) is -2.80. The van der Waals surface area contributed by atoms with Crippen molar-refractivity contribution in [2.75, 3.05) is 0 Å². The van der Waals surface area contributed by atoms with Gasteiger partial charge in [-0.25, -0.2) is 4.98 Å². The van der Waals surface area contributed by atoms with E-state index in [0.717, 1.165) is 6.92 Å². The highest BCUT2D eigenvalue weighted by molar-refractivity contribution is 7.11. The zero-order valence-corrected chi connectivity index (χ0v) is 7.43. The molecule has 0 amide bonds. The minimum Gasteiger partial charge on any atom is -0.240 e. The number of thiazole rings is 1. The predicted octanol–water partition coefficient (Wildman–Crippen LogP) is 2.87. The van der Waals surface area contributed by atoms with Crippen molar-refractivity contribution in [2.45, 2.75) is 26.7 Å². The number of halogens is 2. The number of aromatic nitrogens is 1. The average Bonchev–Trinajstić information content (AvgIpc) is 2.08. The first-order valence-corrected chi connectivity index (χ1v) is 4.05. The second kappa shape index (κ2) is 2.52. The van der Waals surface area contributed by atoms with Gasteiger partial charge < -0.3 is 0 Å². The molecule has 0 fully saturated rings. The van der Waals surface area contributed by atoms with Gasteiger partial charge in [0, 0.05) is 11.8 Å². The summed E-state index contributed by atoms with van der Waals surface area (Å²) >= 11 is 1.30. The van der Waals surface area contributed by atoms with Crippen LogP contribution in [0.2, 0.25) is 0 Å². The van der Waals surface area contributed by atoms with Crippen molar-refractivity contribution in [3.63, 3.8) is 0 Å². The lowest BCUT2D eigenvalue weighted by Crippen LogP contribution is -2.08. The van der Waals surface area contributed by atoms with Crippen molar-refractivity contribution < 1.29 is 8.78 Å². The van der Waals surface area contributed by atoms with E-state index in [1.54, 1.807) is 13.8 Å². The summed E-state index contributed by atoms with van der Waals surface area (Å²) in [6, 6.07) is 0. The Kier molecular flexibility index (Phi) is 1.96. The van der Waals surface area contributed by atoms with Crippen molar-refractivity contribution in [1.82, 2.24) is 4.98 Å². The Bertz CT molecular complexity index is 262. The quantitative estimate of drug-likeness (QED) is 0.642. The van der Waals surface area contributed by atoms with E-state index in [2.05, 4.69) is 4.98 Å². The molecule has 0 spiro atoms. The largest absolute Gasteiger partial charge is 0.288 e. The monoisotopic (exact) mass is 177 g/mol. The van der Waals surface area contributed by atoms with Crippen LogP contribution in [0.15, 0.2) is 0 Å². The van der Waals surface area contributed by atoms with E-state index in [1.807, 2.05) is 0 Å². The molecule has 0 saturated carbocycles. The summed E-state index contributed by atoms with van der Waals surface area (Å²) in [4.78, 5) is 4.36. The molecule has 0 unspecified atom stereocenters. The van der Waals surface area contributed by atoms with Crippen molar-refractivity contribution in [3.05, 3.63) is 15.6 Å². The molecule has 0 aliphatic heterocycles. The highest BCUT2D eigenvalue weighted by Crippen LogP contribution is 2.31. The maximum atomic E-state index is 12.7. The first-order valence-electron chi connectivity index (χ1n) is 3.23. The van der Waals surface area contributed by atoms with E-state index < -0.39 is 5.92 Å². The van der Waals surface area contributed by atoms with Crippen molar-refractivity contribution >= 4 is 11.3 Å². The zero-order valence-electron chi connectivity index (χ0n) is 6.61. The third-order valence-electron chi connectivity index (χ3n) is 1.32. The van der Waals surface area contributed by atoms with Gasteiger partial charge in [0.25, 0.3) is 5.92 Å². The molecule has 0 saturated heterocycles. The maximum absolute atomic E-state index is 12.7. The molecule has 4 heteroatoms. The Morgan fingerprint density at radius 2 is 1.91 bits per heavy atom. The van der Waals surface area contributed by atoms with Gasteiger partial charge in [0.1, 0.15) is 5.69 Å². The van der Waals surface area contributed by atoms with Crippen LogP contribution in [0.4, 0.5) is 8.78 Å². The Morgan fingerprint density at radius 3 is 2.09 bits per heavy atom. The summed E-state index contributed by atoms with van der Waals surface area (Å²) in [7, 11) is 0. The molecule has 0 N–H and O–H groups in total. The van der Waals surface area contributed by atoms with E-state index in [4.69, 9.17) is 0 Å². The first kappa shape index (κ1) is 8.59. The number of hydrogen-bond acceptors (Lipinski definition) is 2. The highest BCUT2D eigenvalue weighted by atomic mass is 32.1. The summed E-state index contributed by atoms with van der Waals surface area (Å²) in [6.07, 6.45) is 0. The van der Waals surface area contributed by atoms with Crippen molar-refractivity contribution in [1.29, 1.82) is 0 Å². The molecule has 1 aromatic rings. The van der Waals surface area contributed by atoms with Gasteiger partial charge in [-0.15, -0.1) is 11.3 Å². The van der Waals surface area contributed by atoms with Gasteiger partial charge in [-0.3, -0.25) is 0 Å². The second-order valence-electron chi connectivity index (χ2n) is 2.53. The molecule has 1 nitrogen and oxygen atoms in total. The first-order chi connectivity index (χ1) is 4.91. The van der Waals surface area contributed by atoms with E-state index in [0.29, 0.717) is 9.88 Å². The molecule has 1 rings (SSSR count). The van der Waals surface area contributed by atoms with Crippen LogP contribution in [0.25, 0.3) is 0 Å². The molecule has 0 aromatic carbocycles. The number of nitrogens with zero attached hydrogens (tertiary/aromatic N) is 1. The third kappa shape index (κ3) is 1.74. The van der Waals surface area contributed by atoms with Crippen molar-refractivity contribution in [3.8, 4) is 0 Å². The van der Waals surface area contributed by atoms with Crippen LogP contribution in [-0.2, 0) is 5.92 Å². The lowest BCUT2D eigenvalue weighted by Gasteiger charge is -2.06. The molecule has 0 atom stereocenters. The fourth-order valence-corrected chi connectivity index (χ4v) is 1.84. The van der Waals surface area contributed by atoms with Crippen LogP contribution in [0.5, 0.6) is 0 Å². The van der Waals surface area contributed by atoms with Gasteiger partial charge in [0.2, 0.25) is 0 Å². The SMILES string of the molecule is Cc1nc(C(C)(F)F)c(C)s1. The van der Waals surface area contributed by atoms with E-state index in [9.17, 15) is 8.78 Å². The minimum atomic E-state index is -2.80. The third-order valence-corrected chi connectivity index (χ3v) is 2.21. The van der Waals surface area contributed by atoms with Gasteiger partial charge in [-0.05, 0) is 13.8 Å². The molecule has 0 radical (unpaired) electrons. The Balaban J connectivity index is 3.13. The summed E-state index contributed by atoms with van der Waals surface area (Å²) in [5.41, 5.74) is -0.0833. The normalized spacial score (nSPS) is 12.1. The number of rotatable bonds is 1.